The molecule has 1 atom stereocenters. The van der Waals surface area contributed by atoms with E-state index in [4.69, 9.17) is 9.47 Å². The fraction of sp³-hybridized carbons (Fsp3) is 0.600. The maximum absolute atomic E-state index is 13.0. The van der Waals surface area contributed by atoms with Crippen molar-refractivity contribution in [2.45, 2.75) is 35.9 Å². The van der Waals surface area contributed by atoms with E-state index < -0.39 is 15.8 Å². The van der Waals surface area contributed by atoms with Crippen LogP contribution in [-0.4, -0.2) is 51.2 Å². The van der Waals surface area contributed by atoms with Gasteiger partial charge in [-0.3, -0.25) is 0 Å². The maximum Gasteiger partial charge on any atom is 0.243 e. The third kappa shape index (κ3) is 2.90. The van der Waals surface area contributed by atoms with Gasteiger partial charge < -0.3 is 9.47 Å². The summed E-state index contributed by atoms with van der Waals surface area (Å²) in [5.41, 5.74) is -0.254. The van der Waals surface area contributed by atoms with Crippen molar-refractivity contribution in [1.29, 1.82) is 0 Å². The molecule has 122 valence electrons. The topological polar surface area (TPSA) is 55.8 Å². The lowest BCUT2D eigenvalue weighted by Crippen LogP contribution is -2.46. The molecule has 2 heterocycles. The van der Waals surface area contributed by atoms with E-state index in [1.165, 1.54) is 28.6 Å². The Labute approximate surface area is 130 Å². The molecule has 1 aromatic carbocycles. The average molecular weight is 329 g/mol. The first kappa shape index (κ1) is 15.9. The molecule has 5 nitrogen and oxygen atoms in total. The summed E-state index contributed by atoms with van der Waals surface area (Å²) in [6, 6.07) is 4.95. The predicted molar refractivity (Wildman–Crippen MR) is 78.5 cm³/mol. The molecule has 2 aliphatic heterocycles. The van der Waals surface area contributed by atoms with E-state index in [2.05, 4.69) is 0 Å². The van der Waals surface area contributed by atoms with Gasteiger partial charge in [0.05, 0.1) is 23.2 Å². The van der Waals surface area contributed by atoms with Gasteiger partial charge in [-0.15, -0.1) is 0 Å². The zero-order valence-electron chi connectivity index (χ0n) is 12.5. The molecule has 0 radical (unpaired) electrons. The molecule has 1 spiro atoms. The minimum atomic E-state index is -3.56. The molecule has 0 aromatic heterocycles. The quantitative estimate of drug-likeness (QED) is 0.848. The summed E-state index contributed by atoms with van der Waals surface area (Å²) in [4.78, 5) is 0.131. The number of nitrogens with zero attached hydrogens (tertiary/aromatic N) is 1. The molecule has 22 heavy (non-hydrogen) atoms. The van der Waals surface area contributed by atoms with E-state index in [1.54, 1.807) is 7.11 Å². The first-order valence-electron chi connectivity index (χ1n) is 7.38. The van der Waals surface area contributed by atoms with E-state index in [0.29, 0.717) is 32.5 Å². The third-order valence-corrected chi connectivity index (χ3v) is 6.51. The summed E-state index contributed by atoms with van der Waals surface area (Å²) in [5, 5.41) is 0. The number of benzene rings is 1. The molecule has 2 aliphatic rings. The second kappa shape index (κ2) is 5.88. The lowest BCUT2D eigenvalue weighted by Gasteiger charge is -2.37. The van der Waals surface area contributed by atoms with Crippen molar-refractivity contribution < 1.29 is 22.3 Å². The predicted octanol–water partition coefficient (Wildman–Crippen LogP) is 1.78. The van der Waals surface area contributed by atoms with Crippen LogP contribution in [0.3, 0.4) is 0 Å². The highest BCUT2D eigenvalue weighted by molar-refractivity contribution is 7.89. The van der Waals surface area contributed by atoms with Gasteiger partial charge in [-0.1, -0.05) is 0 Å². The molecule has 0 saturated carbocycles. The van der Waals surface area contributed by atoms with Gasteiger partial charge in [0.1, 0.15) is 5.82 Å². The van der Waals surface area contributed by atoms with E-state index in [-0.39, 0.29) is 16.6 Å². The number of hydrogen-bond donors (Lipinski definition) is 0. The van der Waals surface area contributed by atoms with Crippen molar-refractivity contribution in [3.8, 4) is 0 Å². The minimum absolute atomic E-state index is 0.0975. The normalized spacial score (nSPS) is 25.6. The van der Waals surface area contributed by atoms with Crippen molar-refractivity contribution in [3.05, 3.63) is 30.1 Å². The van der Waals surface area contributed by atoms with E-state index in [0.717, 1.165) is 6.42 Å². The van der Waals surface area contributed by atoms with Crippen LogP contribution in [0.5, 0.6) is 0 Å². The Bertz CT molecular complexity index is 623. The zero-order valence-corrected chi connectivity index (χ0v) is 13.3. The van der Waals surface area contributed by atoms with Crippen molar-refractivity contribution in [2.24, 2.45) is 0 Å². The highest BCUT2D eigenvalue weighted by Gasteiger charge is 2.44. The molecule has 0 N–H and O–H groups in total. The number of ether oxygens (including phenoxy) is 2. The van der Waals surface area contributed by atoms with Gasteiger partial charge >= 0.3 is 0 Å². The lowest BCUT2D eigenvalue weighted by molar-refractivity contribution is -0.0328. The Morgan fingerprint density at radius 2 is 1.91 bits per heavy atom. The van der Waals surface area contributed by atoms with Crippen LogP contribution in [-0.2, 0) is 19.5 Å². The molecule has 1 aromatic rings. The summed E-state index contributed by atoms with van der Waals surface area (Å²) in [7, 11) is -1.90. The lowest BCUT2D eigenvalue weighted by atomic mass is 9.89. The summed E-state index contributed by atoms with van der Waals surface area (Å²) in [6.07, 6.45) is 2.23. The fourth-order valence-electron chi connectivity index (χ4n) is 3.19. The molecule has 7 heteroatoms. The maximum atomic E-state index is 13.0. The number of sulfonamides is 1. The van der Waals surface area contributed by atoms with Crippen molar-refractivity contribution in [2.75, 3.05) is 26.8 Å². The SMILES string of the molecule is CO[C@@H]1COC2(CCN(S(=O)(=O)c3ccc(F)cc3)CC2)C1. The van der Waals surface area contributed by atoms with E-state index in [9.17, 15) is 12.8 Å². The van der Waals surface area contributed by atoms with Gasteiger partial charge in [0.25, 0.3) is 0 Å². The number of rotatable bonds is 3. The highest BCUT2D eigenvalue weighted by atomic mass is 32.2. The molecule has 2 fully saturated rings. The average Bonchev–Trinajstić information content (AvgIpc) is 2.91. The van der Waals surface area contributed by atoms with Crippen LogP contribution in [0.2, 0.25) is 0 Å². The van der Waals surface area contributed by atoms with Crippen LogP contribution < -0.4 is 0 Å². The van der Waals surface area contributed by atoms with Crippen molar-refractivity contribution in [3.63, 3.8) is 0 Å². The Morgan fingerprint density at radius 3 is 2.45 bits per heavy atom. The van der Waals surface area contributed by atoms with Crippen LogP contribution in [0, 0.1) is 5.82 Å². The summed E-state index contributed by atoms with van der Waals surface area (Å²) in [5.74, 6) is -0.443. The standard InChI is InChI=1S/C15H20FNO4S/c1-20-13-10-15(21-11-13)6-8-17(9-7-15)22(18,19)14-4-2-12(16)3-5-14/h2-5,13H,6-11H2,1H3/t13-/m0/s1. The van der Waals surface area contributed by atoms with Crippen LogP contribution >= 0.6 is 0 Å². The molecule has 3 rings (SSSR count). The molecule has 0 aliphatic carbocycles. The first-order chi connectivity index (χ1) is 10.5. The number of methoxy groups -OCH3 is 1. The summed E-state index contributed by atoms with van der Waals surface area (Å²) < 4.78 is 50.7. The van der Waals surface area contributed by atoms with Crippen LogP contribution in [0.25, 0.3) is 0 Å². The first-order valence-corrected chi connectivity index (χ1v) is 8.82. The van der Waals surface area contributed by atoms with Gasteiger partial charge in [0, 0.05) is 26.6 Å². The van der Waals surface area contributed by atoms with E-state index in [1.807, 2.05) is 0 Å². The number of hydrogen-bond acceptors (Lipinski definition) is 4. The number of halogens is 1. The van der Waals surface area contributed by atoms with Gasteiger partial charge in [-0.05, 0) is 37.1 Å². The largest absolute Gasteiger partial charge is 0.379 e. The Kier molecular flexibility index (Phi) is 4.24. The second-order valence-corrected chi connectivity index (χ2v) is 7.85. The molecule has 0 amide bonds. The Morgan fingerprint density at radius 1 is 1.27 bits per heavy atom. The monoisotopic (exact) mass is 329 g/mol. The van der Waals surface area contributed by atoms with Crippen LogP contribution in [0.1, 0.15) is 19.3 Å². The highest BCUT2D eigenvalue weighted by Crippen LogP contribution is 2.38. The van der Waals surface area contributed by atoms with Gasteiger partial charge in [-0.2, -0.15) is 4.31 Å². The Balaban J connectivity index is 1.69. The smallest absolute Gasteiger partial charge is 0.243 e. The minimum Gasteiger partial charge on any atom is -0.379 e. The molecular weight excluding hydrogens is 309 g/mol. The Hall–Kier alpha value is -1.02. The van der Waals surface area contributed by atoms with Gasteiger partial charge in [0.15, 0.2) is 0 Å². The fourth-order valence-corrected chi connectivity index (χ4v) is 4.63. The number of piperidine rings is 1. The second-order valence-electron chi connectivity index (χ2n) is 5.91. The zero-order chi connectivity index (χ0) is 15.8. The molecule has 2 saturated heterocycles. The third-order valence-electron chi connectivity index (χ3n) is 4.59. The van der Waals surface area contributed by atoms with Crippen molar-refractivity contribution in [1.82, 2.24) is 4.31 Å². The van der Waals surface area contributed by atoms with Gasteiger partial charge in [0.2, 0.25) is 10.0 Å². The molecule has 0 bridgehead atoms. The summed E-state index contributed by atoms with van der Waals surface area (Å²) >= 11 is 0. The van der Waals surface area contributed by atoms with Crippen LogP contribution in [0.4, 0.5) is 4.39 Å². The van der Waals surface area contributed by atoms with Crippen LogP contribution in [0.15, 0.2) is 29.2 Å². The van der Waals surface area contributed by atoms with E-state index >= 15 is 0 Å². The molecular formula is C15H20FNO4S. The van der Waals surface area contributed by atoms with Gasteiger partial charge in [-0.25, -0.2) is 12.8 Å². The molecule has 0 unspecified atom stereocenters. The summed E-state index contributed by atoms with van der Waals surface area (Å²) in [6.45, 7) is 1.40. The van der Waals surface area contributed by atoms with Crippen molar-refractivity contribution >= 4 is 10.0 Å².